The van der Waals surface area contributed by atoms with E-state index in [9.17, 15) is 14.4 Å². The summed E-state index contributed by atoms with van der Waals surface area (Å²) in [5, 5.41) is 0. The summed E-state index contributed by atoms with van der Waals surface area (Å²) in [5.74, 6) is -1.23. The number of likely N-dealkylation sites (tertiary alicyclic amines) is 1. The van der Waals surface area contributed by atoms with E-state index in [1.807, 2.05) is 12.1 Å². The Balaban J connectivity index is 1.41. The third-order valence-corrected chi connectivity index (χ3v) is 7.54. The van der Waals surface area contributed by atoms with Gasteiger partial charge in [-0.25, -0.2) is 9.69 Å². The number of carbonyl (C=O) groups excluding carboxylic acids is 3. The van der Waals surface area contributed by atoms with Crippen molar-refractivity contribution in [2.45, 2.75) is 55.9 Å². The summed E-state index contributed by atoms with van der Waals surface area (Å²) in [7, 11) is 0. The second-order valence-corrected chi connectivity index (χ2v) is 9.07. The molecule has 1 aromatic rings. The average molecular weight is 396 g/mol. The molecule has 4 fully saturated rings. The van der Waals surface area contributed by atoms with Crippen LogP contribution in [-0.2, 0) is 15.0 Å². The summed E-state index contributed by atoms with van der Waals surface area (Å²) >= 11 is 0. The first-order valence-electron chi connectivity index (χ1n) is 10.8. The smallest absolute Gasteiger partial charge is 0.332 e. The second kappa shape index (κ2) is 6.55. The van der Waals surface area contributed by atoms with Crippen LogP contribution in [0.15, 0.2) is 24.3 Å². The zero-order chi connectivity index (χ0) is 20.2. The maximum Gasteiger partial charge on any atom is 0.332 e. The number of fused-ring (bicyclic) bond motifs is 1. The molecule has 1 aromatic carbocycles. The Hall–Kier alpha value is -2.41. The van der Waals surface area contributed by atoms with Crippen molar-refractivity contribution in [3.05, 3.63) is 29.8 Å². The van der Waals surface area contributed by atoms with Gasteiger partial charge in [-0.3, -0.25) is 9.59 Å². The predicted molar refractivity (Wildman–Crippen MR) is 108 cm³/mol. The minimum absolute atomic E-state index is 0.191. The Bertz CT molecular complexity index is 857. The molecule has 7 nitrogen and oxygen atoms in total. The molecular formula is C22H28N4O3. The summed E-state index contributed by atoms with van der Waals surface area (Å²) in [5.41, 5.74) is 6.06. The third-order valence-electron chi connectivity index (χ3n) is 7.54. The third kappa shape index (κ3) is 2.56. The standard InChI is InChI=1S/C22H28N4O3/c23-18(27)22-11-4-14-25(22)20(29)26(19(22)28)17-7-5-16(6-8-17)21(9-3-10-21)15-24-12-1-2-13-24/h5-8H,1-4,9-15H2,(H2,23,27)/t22-/m0/s1. The molecular weight excluding hydrogens is 368 g/mol. The molecule has 7 heteroatoms. The van der Waals surface area contributed by atoms with E-state index in [1.54, 1.807) is 0 Å². The normalized spacial score (nSPS) is 28.7. The summed E-state index contributed by atoms with van der Waals surface area (Å²) in [6.07, 6.45) is 7.10. The van der Waals surface area contributed by atoms with E-state index in [-0.39, 0.29) is 5.41 Å². The van der Waals surface area contributed by atoms with Crippen molar-refractivity contribution in [2.75, 3.05) is 31.1 Å². The van der Waals surface area contributed by atoms with Crippen molar-refractivity contribution in [1.29, 1.82) is 0 Å². The molecule has 3 heterocycles. The second-order valence-electron chi connectivity index (χ2n) is 9.07. The van der Waals surface area contributed by atoms with Gasteiger partial charge in [0.2, 0.25) is 5.54 Å². The fourth-order valence-corrected chi connectivity index (χ4v) is 5.76. The minimum atomic E-state index is -1.50. The number of primary amides is 1. The molecule has 1 atom stereocenters. The van der Waals surface area contributed by atoms with Crippen molar-refractivity contribution in [2.24, 2.45) is 5.73 Å². The summed E-state index contributed by atoms with van der Waals surface area (Å²) < 4.78 is 0. The number of hydrogen-bond donors (Lipinski definition) is 1. The van der Waals surface area contributed by atoms with Gasteiger partial charge in [-0.2, -0.15) is 0 Å². The summed E-state index contributed by atoms with van der Waals surface area (Å²) in [6, 6.07) is 7.39. The average Bonchev–Trinajstić information content (AvgIpc) is 3.38. The van der Waals surface area contributed by atoms with Gasteiger partial charge in [0.1, 0.15) is 0 Å². The maximum absolute atomic E-state index is 13.1. The van der Waals surface area contributed by atoms with Gasteiger partial charge in [0.25, 0.3) is 11.8 Å². The van der Waals surface area contributed by atoms with Gasteiger partial charge in [0.05, 0.1) is 5.69 Å². The largest absolute Gasteiger partial charge is 0.367 e. The highest BCUT2D eigenvalue weighted by atomic mass is 16.2. The fraction of sp³-hybridized carbons (Fsp3) is 0.591. The maximum atomic E-state index is 13.1. The van der Waals surface area contributed by atoms with Gasteiger partial charge in [-0.15, -0.1) is 0 Å². The molecule has 0 aromatic heterocycles. The Morgan fingerprint density at radius 3 is 2.17 bits per heavy atom. The Morgan fingerprint density at radius 1 is 0.931 bits per heavy atom. The number of urea groups is 1. The van der Waals surface area contributed by atoms with Crippen molar-refractivity contribution in [3.8, 4) is 0 Å². The Kier molecular flexibility index (Phi) is 4.21. The lowest BCUT2D eigenvalue weighted by Crippen LogP contribution is -2.55. The number of hydrogen-bond acceptors (Lipinski definition) is 4. The Labute approximate surface area is 170 Å². The molecule has 4 amide bonds. The lowest BCUT2D eigenvalue weighted by molar-refractivity contribution is -0.136. The summed E-state index contributed by atoms with van der Waals surface area (Å²) in [4.78, 5) is 43.2. The Morgan fingerprint density at radius 2 is 1.62 bits per heavy atom. The lowest BCUT2D eigenvalue weighted by atomic mass is 9.64. The van der Waals surface area contributed by atoms with Gasteiger partial charge in [-0.05, 0) is 69.3 Å². The van der Waals surface area contributed by atoms with Gasteiger partial charge < -0.3 is 15.5 Å². The van der Waals surface area contributed by atoms with E-state index in [0.29, 0.717) is 25.1 Å². The van der Waals surface area contributed by atoms with Crippen LogP contribution in [0.25, 0.3) is 0 Å². The number of imide groups is 1. The van der Waals surface area contributed by atoms with E-state index < -0.39 is 23.4 Å². The van der Waals surface area contributed by atoms with E-state index in [0.717, 1.165) is 11.4 Å². The first-order valence-corrected chi connectivity index (χ1v) is 10.8. The molecule has 0 spiro atoms. The molecule has 2 N–H and O–H groups in total. The van der Waals surface area contributed by atoms with Crippen LogP contribution in [0.2, 0.25) is 0 Å². The number of nitrogens with zero attached hydrogens (tertiary/aromatic N) is 3. The van der Waals surface area contributed by atoms with E-state index >= 15 is 0 Å². The van der Waals surface area contributed by atoms with Crippen LogP contribution in [0.4, 0.5) is 10.5 Å². The number of benzene rings is 1. The quantitative estimate of drug-likeness (QED) is 0.609. The summed E-state index contributed by atoms with van der Waals surface area (Å²) in [6.45, 7) is 3.84. The van der Waals surface area contributed by atoms with Crippen LogP contribution in [0.1, 0.15) is 50.5 Å². The number of rotatable bonds is 5. The lowest BCUT2D eigenvalue weighted by Gasteiger charge is -2.45. The first-order chi connectivity index (χ1) is 14.0. The molecule has 5 rings (SSSR count). The van der Waals surface area contributed by atoms with Crippen molar-refractivity contribution < 1.29 is 14.4 Å². The minimum Gasteiger partial charge on any atom is -0.367 e. The molecule has 29 heavy (non-hydrogen) atoms. The highest BCUT2D eigenvalue weighted by Gasteiger charge is 2.63. The zero-order valence-electron chi connectivity index (χ0n) is 16.7. The van der Waals surface area contributed by atoms with Crippen LogP contribution in [0, 0.1) is 0 Å². The van der Waals surface area contributed by atoms with E-state index in [2.05, 4.69) is 17.0 Å². The fourth-order valence-electron chi connectivity index (χ4n) is 5.76. The van der Waals surface area contributed by atoms with Crippen LogP contribution in [-0.4, -0.2) is 59.4 Å². The SMILES string of the molecule is NC(=O)[C@]12CCCN1C(=O)N(c1ccc(C3(CN4CCCC4)CCC3)cc1)C2=O. The highest BCUT2D eigenvalue weighted by molar-refractivity contribution is 6.31. The molecule has 1 saturated carbocycles. The highest BCUT2D eigenvalue weighted by Crippen LogP contribution is 2.46. The molecule has 1 aliphatic carbocycles. The molecule has 154 valence electrons. The van der Waals surface area contributed by atoms with Crippen LogP contribution in [0.3, 0.4) is 0 Å². The number of anilines is 1. The molecule has 3 saturated heterocycles. The van der Waals surface area contributed by atoms with Gasteiger partial charge in [0.15, 0.2) is 0 Å². The predicted octanol–water partition coefficient (Wildman–Crippen LogP) is 1.99. The van der Waals surface area contributed by atoms with Crippen molar-refractivity contribution in [1.82, 2.24) is 9.80 Å². The van der Waals surface area contributed by atoms with Gasteiger partial charge in [0, 0.05) is 18.5 Å². The monoisotopic (exact) mass is 396 g/mol. The number of nitrogens with two attached hydrogens (primary N) is 1. The first kappa shape index (κ1) is 18.6. The van der Waals surface area contributed by atoms with Crippen LogP contribution >= 0.6 is 0 Å². The number of amides is 4. The van der Waals surface area contributed by atoms with Gasteiger partial charge >= 0.3 is 6.03 Å². The molecule has 0 radical (unpaired) electrons. The molecule has 4 aliphatic rings. The van der Waals surface area contributed by atoms with E-state index in [1.165, 1.54) is 55.7 Å². The van der Waals surface area contributed by atoms with Crippen LogP contribution in [0.5, 0.6) is 0 Å². The zero-order valence-corrected chi connectivity index (χ0v) is 16.7. The van der Waals surface area contributed by atoms with Crippen LogP contribution < -0.4 is 10.6 Å². The van der Waals surface area contributed by atoms with Crippen molar-refractivity contribution >= 4 is 23.5 Å². The molecule has 0 bridgehead atoms. The van der Waals surface area contributed by atoms with E-state index in [4.69, 9.17) is 5.73 Å². The van der Waals surface area contributed by atoms with Gasteiger partial charge in [-0.1, -0.05) is 18.6 Å². The molecule has 3 aliphatic heterocycles. The van der Waals surface area contributed by atoms with Crippen molar-refractivity contribution in [3.63, 3.8) is 0 Å². The molecule has 0 unspecified atom stereocenters. The topological polar surface area (TPSA) is 86.9 Å². The number of carbonyl (C=O) groups is 3.